The SMILES string of the molecule is Cc1nnn(CC(=O)C2=c3ccc4c(c3C=C2)CC[C@@H]2C[C@@](C)(O)CC(c3ccccc3)C=42)n1. The Labute approximate surface area is 198 Å². The van der Waals surface area contributed by atoms with E-state index in [1.807, 2.05) is 19.1 Å². The Hall–Kier alpha value is -3.38. The molecule has 1 heterocycles. The summed E-state index contributed by atoms with van der Waals surface area (Å²) in [5.41, 5.74) is 5.27. The summed E-state index contributed by atoms with van der Waals surface area (Å²) >= 11 is 0. The lowest BCUT2D eigenvalue weighted by atomic mass is 9.63. The van der Waals surface area contributed by atoms with Gasteiger partial charge in [-0.05, 0) is 77.8 Å². The maximum atomic E-state index is 13.0. The van der Waals surface area contributed by atoms with Crippen LogP contribution in [-0.4, -0.2) is 36.7 Å². The molecule has 0 spiro atoms. The number of ketones is 1. The third kappa shape index (κ3) is 3.53. The second-order valence-electron chi connectivity index (χ2n) is 10.1. The van der Waals surface area contributed by atoms with E-state index in [-0.39, 0.29) is 18.2 Å². The number of aryl methyl sites for hydroxylation is 1. The van der Waals surface area contributed by atoms with Gasteiger partial charge in [0.25, 0.3) is 0 Å². The highest BCUT2D eigenvalue weighted by atomic mass is 16.3. The number of nitrogens with zero attached hydrogens (tertiary/aromatic N) is 4. The van der Waals surface area contributed by atoms with E-state index in [1.54, 1.807) is 6.92 Å². The number of hydrogen-bond donors (Lipinski definition) is 1. The molecule has 1 aromatic heterocycles. The van der Waals surface area contributed by atoms with Crippen LogP contribution in [0, 0.1) is 12.8 Å². The van der Waals surface area contributed by atoms with Crippen LogP contribution in [0.25, 0.3) is 17.2 Å². The van der Waals surface area contributed by atoms with Crippen LogP contribution in [-0.2, 0) is 17.8 Å². The van der Waals surface area contributed by atoms with Crippen molar-refractivity contribution in [2.75, 3.05) is 0 Å². The van der Waals surface area contributed by atoms with Gasteiger partial charge in [0.05, 0.1) is 5.60 Å². The van der Waals surface area contributed by atoms with E-state index in [1.165, 1.54) is 32.3 Å². The molecule has 0 aliphatic heterocycles. The number of carbonyl (C=O) groups is 1. The molecule has 0 amide bonds. The average Bonchev–Trinajstić information content (AvgIpc) is 3.44. The first-order valence-corrected chi connectivity index (χ1v) is 12.0. The van der Waals surface area contributed by atoms with E-state index in [2.05, 4.69) is 57.9 Å². The van der Waals surface area contributed by atoms with E-state index in [0.29, 0.717) is 17.3 Å². The molecule has 0 bridgehead atoms. The van der Waals surface area contributed by atoms with Crippen molar-refractivity contribution in [2.45, 2.75) is 57.6 Å². The maximum Gasteiger partial charge on any atom is 0.186 e. The highest BCUT2D eigenvalue weighted by molar-refractivity contribution is 6.20. The molecule has 6 rings (SSSR count). The second-order valence-corrected chi connectivity index (χ2v) is 10.1. The number of allylic oxidation sites excluding steroid dienone is 1. The van der Waals surface area contributed by atoms with Gasteiger partial charge in [-0.25, -0.2) is 0 Å². The van der Waals surface area contributed by atoms with E-state index < -0.39 is 5.60 Å². The Balaban J connectivity index is 1.48. The van der Waals surface area contributed by atoms with Crippen molar-refractivity contribution in [3.05, 3.63) is 81.5 Å². The van der Waals surface area contributed by atoms with Crippen molar-refractivity contribution < 1.29 is 9.90 Å². The first-order chi connectivity index (χ1) is 16.4. The summed E-state index contributed by atoms with van der Waals surface area (Å²) in [6.07, 6.45) is 7.55. The van der Waals surface area contributed by atoms with Gasteiger partial charge in [0.2, 0.25) is 0 Å². The molecule has 172 valence electrons. The molecule has 1 unspecified atom stereocenters. The minimum atomic E-state index is -0.663. The molecule has 1 fully saturated rings. The van der Waals surface area contributed by atoms with Gasteiger partial charge in [-0.15, -0.1) is 10.2 Å². The fourth-order valence-corrected chi connectivity index (χ4v) is 6.26. The second kappa shape index (κ2) is 7.84. The predicted octanol–water partition coefficient (Wildman–Crippen LogP) is 2.47. The normalized spacial score (nSPS) is 25.1. The predicted molar refractivity (Wildman–Crippen MR) is 130 cm³/mol. The molecule has 1 saturated carbocycles. The smallest absolute Gasteiger partial charge is 0.186 e. The number of fused-ring (bicyclic) bond motifs is 4. The number of Topliss-reactive ketones (excluding diaryl/α,β-unsaturated/α-hetero) is 1. The van der Waals surface area contributed by atoms with Crippen molar-refractivity contribution in [3.63, 3.8) is 0 Å². The lowest BCUT2D eigenvalue weighted by Gasteiger charge is -2.43. The zero-order valence-corrected chi connectivity index (χ0v) is 19.5. The Bertz CT molecular complexity index is 1450. The van der Waals surface area contributed by atoms with Crippen LogP contribution >= 0.6 is 0 Å². The van der Waals surface area contributed by atoms with Gasteiger partial charge < -0.3 is 5.11 Å². The Morgan fingerprint density at radius 1 is 1.12 bits per heavy atom. The van der Waals surface area contributed by atoms with Crippen LogP contribution < -0.4 is 10.4 Å². The number of tetrazole rings is 1. The topological polar surface area (TPSA) is 80.9 Å². The molecule has 3 aliphatic carbocycles. The third-order valence-electron chi connectivity index (χ3n) is 7.60. The third-order valence-corrected chi connectivity index (χ3v) is 7.60. The number of aliphatic hydroxyl groups is 1. The molecule has 34 heavy (non-hydrogen) atoms. The van der Waals surface area contributed by atoms with Gasteiger partial charge in [-0.3, -0.25) is 4.79 Å². The summed E-state index contributed by atoms with van der Waals surface area (Å²) in [7, 11) is 0. The number of aromatic nitrogens is 4. The zero-order chi connectivity index (χ0) is 23.4. The molecular weight excluding hydrogens is 424 g/mol. The van der Waals surface area contributed by atoms with Gasteiger partial charge in [-0.2, -0.15) is 4.80 Å². The monoisotopic (exact) mass is 452 g/mol. The maximum absolute atomic E-state index is 13.0. The highest BCUT2D eigenvalue weighted by Gasteiger charge is 2.41. The van der Waals surface area contributed by atoms with Crippen molar-refractivity contribution in [1.29, 1.82) is 0 Å². The van der Waals surface area contributed by atoms with Crippen LogP contribution in [0.4, 0.5) is 0 Å². The fourth-order valence-electron chi connectivity index (χ4n) is 6.26. The first-order valence-electron chi connectivity index (χ1n) is 12.0. The standard InChI is InChI=1S/C28H28N4O2/c1-17-29-31-32(30-17)16-26(33)23-12-10-20-21(23)11-13-24-22(20)9-8-19-14-28(2,34)15-25(27(19)24)18-6-4-3-5-7-18/h3-7,10-13,19,25,34H,8-9,14-16H2,1-2H3/t19-,25?,28-/m1/s1. The van der Waals surface area contributed by atoms with Gasteiger partial charge >= 0.3 is 0 Å². The van der Waals surface area contributed by atoms with Gasteiger partial charge in [0.15, 0.2) is 11.6 Å². The zero-order valence-electron chi connectivity index (χ0n) is 19.5. The average molecular weight is 453 g/mol. The van der Waals surface area contributed by atoms with Crippen LogP contribution in [0.3, 0.4) is 0 Å². The summed E-state index contributed by atoms with van der Waals surface area (Å²) in [5, 5.41) is 25.4. The number of carbonyl (C=O) groups excluding carboxylic acids is 1. The molecule has 2 aromatic carbocycles. The number of hydrogen-bond acceptors (Lipinski definition) is 5. The van der Waals surface area contributed by atoms with E-state index in [4.69, 9.17) is 0 Å². The summed E-state index contributed by atoms with van der Waals surface area (Å²) in [4.78, 5) is 14.4. The largest absolute Gasteiger partial charge is 0.390 e. The molecular formula is C28H28N4O2. The summed E-state index contributed by atoms with van der Waals surface area (Å²) in [6.45, 7) is 3.83. The van der Waals surface area contributed by atoms with E-state index in [0.717, 1.165) is 30.9 Å². The molecule has 1 N–H and O–H groups in total. The highest BCUT2D eigenvalue weighted by Crippen LogP contribution is 2.48. The van der Waals surface area contributed by atoms with Crippen LogP contribution in [0.5, 0.6) is 0 Å². The van der Waals surface area contributed by atoms with Crippen LogP contribution in [0.1, 0.15) is 54.6 Å². The summed E-state index contributed by atoms with van der Waals surface area (Å²) < 4.78 is 0. The molecule has 6 nitrogen and oxygen atoms in total. The molecule has 3 aromatic rings. The molecule has 3 aliphatic rings. The van der Waals surface area contributed by atoms with Crippen molar-refractivity contribution in [1.82, 2.24) is 20.2 Å². The van der Waals surface area contributed by atoms with Crippen molar-refractivity contribution in [3.8, 4) is 0 Å². The molecule has 6 heteroatoms. The first kappa shape index (κ1) is 21.2. The fraction of sp³-hybridized carbons (Fsp3) is 0.357. The lowest BCUT2D eigenvalue weighted by molar-refractivity contribution is -0.114. The van der Waals surface area contributed by atoms with Gasteiger partial charge in [0.1, 0.15) is 6.54 Å². The van der Waals surface area contributed by atoms with Gasteiger partial charge in [-0.1, -0.05) is 60.2 Å². The quantitative estimate of drug-likeness (QED) is 0.658. The Morgan fingerprint density at radius 2 is 1.91 bits per heavy atom. The Kier molecular flexibility index (Phi) is 4.88. The Morgan fingerprint density at radius 3 is 2.68 bits per heavy atom. The lowest BCUT2D eigenvalue weighted by Crippen LogP contribution is -2.42. The van der Waals surface area contributed by atoms with Gasteiger partial charge in [0, 0.05) is 11.5 Å². The summed E-state index contributed by atoms with van der Waals surface area (Å²) in [6, 6.07) is 14.9. The molecule has 0 saturated heterocycles. The van der Waals surface area contributed by atoms with E-state index in [9.17, 15) is 9.90 Å². The minimum absolute atomic E-state index is 0.00966. The van der Waals surface area contributed by atoms with Crippen LogP contribution in [0.2, 0.25) is 0 Å². The minimum Gasteiger partial charge on any atom is -0.390 e. The number of rotatable bonds is 4. The van der Waals surface area contributed by atoms with Crippen LogP contribution in [0.15, 0.2) is 48.5 Å². The van der Waals surface area contributed by atoms with Crippen molar-refractivity contribution in [2.24, 2.45) is 5.92 Å². The summed E-state index contributed by atoms with van der Waals surface area (Å²) in [5.74, 6) is 1.12. The molecule has 0 radical (unpaired) electrons. The van der Waals surface area contributed by atoms with E-state index >= 15 is 0 Å². The number of benzene rings is 2. The van der Waals surface area contributed by atoms with Crippen molar-refractivity contribution >= 4 is 23.0 Å². The molecule has 3 atom stereocenters.